The predicted molar refractivity (Wildman–Crippen MR) is 77.7 cm³/mol. The van der Waals surface area contributed by atoms with E-state index in [1.165, 1.54) is 0 Å². The molecule has 110 valence electrons. The molecule has 2 aromatic rings. The van der Waals surface area contributed by atoms with Gasteiger partial charge in [0.05, 0.1) is 24.1 Å². The second-order valence-corrected chi connectivity index (χ2v) is 5.20. The Balaban J connectivity index is 1.64. The van der Waals surface area contributed by atoms with Gasteiger partial charge >= 0.3 is 0 Å². The maximum Gasteiger partial charge on any atom is 0.219 e. The van der Waals surface area contributed by atoms with E-state index in [0.29, 0.717) is 6.54 Å². The summed E-state index contributed by atoms with van der Waals surface area (Å²) in [6.45, 7) is 3.08. The number of likely N-dealkylation sites (tertiary alicyclic amines) is 1. The molecule has 2 aromatic heterocycles. The monoisotopic (exact) mass is 286 g/mol. The Hall–Kier alpha value is -2.37. The van der Waals surface area contributed by atoms with E-state index < -0.39 is 0 Å². The standard InChI is InChI=1S/C15H18N4O2/c1-11(20)19-8-2-3-13(10-19)21-12-4-5-14(16-9-12)15-6-7-17-18-15/h4-7,9,13H,2-3,8,10H2,1H3,(H,17,18)/t13-/m1/s1. The Bertz CT molecular complexity index is 595. The lowest BCUT2D eigenvalue weighted by atomic mass is 10.1. The van der Waals surface area contributed by atoms with E-state index in [4.69, 9.17) is 4.74 Å². The van der Waals surface area contributed by atoms with Gasteiger partial charge < -0.3 is 9.64 Å². The average molecular weight is 286 g/mol. The number of ether oxygens (including phenoxy) is 1. The van der Waals surface area contributed by atoms with E-state index in [1.807, 2.05) is 23.1 Å². The zero-order chi connectivity index (χ0) is 14.7. The second kappa shape index (κ2) is 5.95. The smallest absolute Gasteiger partial charge is 0.219 e. The molecule has 0 bridgehead atoms. The van der Waals surface area contributed by atoms with Crippen LogP contribution >= 0.6 is 0 Å². The molecule has 0 spiro atoms. The number of aromatic nitrogens is 3. The molecule has 1 N–H and O–H groups in total. The van der Waals surface area contributed by atoms with Gasteiger partial charge in [-0.25, -0.2) is 0 Å². The maximum atomic E-state index is 11.4. The second-order valence-electron chi connectivity index (χ2n) is 5.20. The SMILES string of the molecule is CC(=O)N1CCC[C@@H](Oc2ccc(-c3ccn[nH]3)nc2)C1. The molecule has 0 aliphatic carbocycles. The third-order valence-electron chi connectivity index (χ3n) is 3.64. The minimum atomic E-state index is 0.0439. The van der Waals surface area contributed by atoms with Crippen molar-refractivity contribution in [2.24, 2.45) is 0 Å². The van der Waals surface area contributed by atoms with Crippen LogP contribution in [0.4, 0.5) is 0 Å². The summed E-state index contributed by atoms with van der Waals surface area (Å²) in [7, 11) is 0. The Kier molecular flexibility index (Phi) is 3.85. The highest BCUT2D eigenvalue weighted by Gasteiger charge is 2.22. The van der Waals surface area contributed by atoms with Crippen LogP contribution in [0, 0.1) is 0 Å². The van der Waals surface area contributed by atoms with Crippen molar-refractivity contribution in [3.8, 4) is 17.1 Å². The van der Waals surface area contributed by atoms with Crippen LogP contribution in [-0.4, -0.2) is 45.2 Å². The van der Waals surface area contributed by atoms with Crippen LogP contribution in [0.5, 0.6) is 5.75 Å². The number of aromatic amines is 1. The van der Waals surface area contributed by atoms with Crippen molar-refractivity contribution in [3.05, 3.63) is 30.6 Å². The normalized spacial score (nSPS) is 18.5. The van der Waals surface area contributed by atoms with Gasteiger partial charge in [0.2, 0.25) is 5.91 Å². The van der Waals surface area contributed by atoms with Gasteiger partial charge in [0.25, 0.3) is 0 Å². The Morgan fingerprint density at radius 2 is 2.33 bits per heavy atom. The fourth-order valence-corrected chi connectivity index (χ4v) is 2.52. The summed E-state index contributed by atoms with van der Waals surface area (Å²) in [5, 5.41) is 6.78. The number of pyridine rings is 1. The summed E-state index contributed by atoms with van der Waals surface area (Å²) in [6.07, 6.45) is 5.39. The van der Waals surface area contributed by atoms with Crippen LogP contribution in [0.15, 0.2) is 30.6 Å². The van der Waals surface area contributed by atoms with Gasteiger partial charge in [-0.15, -0.1) is 0 Å². The van der Waals surface area contributed by atoms with Gasteiger partial charge in [-0.1, -0.05) is 0 Å². The number of hydrogen-bond donors (Lipinski definition) is 1. The van der Waals surface area contributed by atoms with E-state index in [9.17, 15) is 4.79 Å². The van der Waals surface area contributed by atoms with Crippen molar-refractivity contribution in [1.29, 1.82) is 0 Å². The molecule has 0 radical (unpaired) electrons. The van der Waals surface area contributed by atoms with Crippen LogP contribution < -0.4 is 4.74 Å². The highest BCUT2D eigenvalue weighted by Crippen LogP contribution is 2.20. The third kappa shape index (κ3) is 3.21. The summed E-state index contributed by atoms with van der Waals surface area (Å²) in [5.74, 6) is 0.838. The highest BCUT2D eigenvalue weighted by atomic mass is 16.5. The summed E-state index contributed by atoms with van der Waals surface area (Å²) >= 11 is 0. The number of amides is 1. The lowest BCUT2D eigenvalue weighted by Crippen LogP contribution is -2.43. The average Bonchev–Trinajstić information content (AvgIpc) is 3.02. The molecule has 0 unspecified atom stereocenters. The lowest BCUT2D eigenvalue weighted by molar-refractivity contribution is -0.131. The van der Waals surface area contributed by atoms with Gasteiger partial charge in [0.1, 0.15) is 11.9 Å². The first-order chi connectivity index (χ1) is 10.2. The van der Waals surface area contributed by atoms with Crippen molar-refractivity contribution in [2.45, 2.75) is 25.9 Å². The summed E-state index contributed by atoms with van der Waals surface area (Å²) in [5.41, 5.74) is 1.70. The van der Waals surface area contributed by atoms with Crippen molar-refractivity contribution < 1.29 is 9.53 Å². The van der Waals surface area contributed by atoms with Crippen molar-refractivity contribution >= 4 is 5.91 Å². The van der Waals surface area contributed by atoms with Crippen molar-refractivity contribution in [3.63, 3.8) is 0 Å². The van der Waals surface area contributed by atoms with E-state index >= 15 is 0 Å². The molecule has 21 heavy (non-hydrogen) atoms. The zero-order valence-corrected chi connectivity index (χ0v) is 12.0. The number of carbonyl (C=O) groups is 1. The molecule has 6 nitrogen and oxygen atoms in total. The summed E-state index contributed by atoms with van der Waals surface area (Å²) in [4.78, 5) is 17.6. The molecule has 0 aromatic carbocycles. The molecule has 1 aliphatic rings. The lowest BCUT2D eigenvalue weighted by Gasteiger charge is -2.32. The van der Waals surface area contributed by atoms with Crippen molar-refractivity contribution in [2.75, 3.05) is 13.1 Å². The predicted octanol–water partition coefficient (Wildman–Crippen LogP) is 1.86. The largest absolute Gasteiger partial charge is 0.487 e. The molecule has 1 atom stereocenters. The van der Waals surface area contributed by atoms with Crippen molar-refractivity contribution in [1.82, 2.24) is 20.1 Å². The minimum absolute atomic E-state index is 0.0439. The molecule has 1 fully saturated rings. The minimum Gasteiger partial charge on any atom is -0.487 e. The number of nitrogens with one attached hydrogen (secondary N) is 1. The molecule has 1 aliphatic heterocycles. The number of hydrogen-bond acceptors (Lipinski definition) is 4. The molecule has 3 rings (SSSR count). The molecule has 0 saturated carbocycles. The van der Waals surface area contributed by atoms with Gasteiger partial charge in [0.15, 0.2) is 0 Å². The van der Waals surface area contributed by atoms with Gasteiger partial charge in [-0.2, -0.15) is 5.10 Å². The summed E-state index contributed by atoms with van der Waals surface area (Å²) in [6, 6.07) is 5.67. The fraction of sp³-hybridized carbons (Fsp3) is 0.400. The first kappa shape index (κ1) is 13.6. The van der Waals surface area contributed by atoms with E-state index in [0.717, 1.165) is 36.5 Å². The molecule has 1 amide bonds. The highest BCUT2D eigenvalue weighted by molar-refractivity contribution is 5.73. The number of piperidine rings is 1. The maximum absolute atomic E-state index is 11.4. The first-order valence-electron chi connectivity index (χ1n) is 7.10. The van der Waals surface area contributed by atoms with Gasteiger partial charge in [-0.3, -0.25) is 14.9 Å². The van der Waals surface area contributed by atoms with Gasteiger partial charge in [-0.05, 0) is 31.0 Å². The van der Waals surface area contributed by atoms with Gasteiger partial charge in [0, 0.05) is 19.7 Å². The number of nitrogens with zero attached hydrogens (tertiary/aromatic N) is 3. The fourth-order valence-electron chi connectivity index (χ4n) is 2.52. The van der Waals surface area contributed by atoms with E-state index in [1.54, 1.807) is 19.3 Å². The van der Waals surface area contributed by atoms with Crippen LogP contribution in [0.1, 0.15) is 19.8 Å². The van der Waals surface area contributed by atoms with Crippen LogP contribution in [0.3, 0.4) is 0 Å². The number of rotatable bonds is 3. The molecule has 1 saturated heterocycles. The van der Waals surface area contributed by atoms with Crippen LogP contribution in [0.2, 0.25) is 0 Å². The van der Waals surface area contributed by atoms with E-state index in [2.05, 4.69) is 15.2 Å². The molecule has 3 heterocycles. The van der Waals surface area contributed by atoms with Crippen LogP contribution in [0.25, 0.3) is 11.4 Å². The summed E-state index contributed by atoms with van der Waals surface area (Å²) < 4.78 is 5.93. The first-order valence-corrected chi connectivity index (χ1v) is 7.10. The number of carbonyl (C=O) groups excluding carboxylic acids is 1. The zero-order valence-electron chi connectivity index (χ0n) is 12.0. The molecular weight excluding hydrogens is 268 g/mol. The van der Waals surface area contributed by atoms with Crippen LogP contribution in [-0.2, 0) is 4.79 Å². The quantitative estimate of drug-likeness (QED) is 0.935. The molecule has 6 heteroatoms. The van der Waals surface area contributed by atoms with E-state index in [-0.39, 0.29) is 12.0 Å². The topological polar surface area (TPSA) is 71.1 Å². The Morgan fingerprint density at radius 3 is 3.00 bits per heavy atom. The Morgan fingerprint density at radius 1 is 1.43 bits per heavy atom. The number of H-pyrrole nitrogens is 1. The third-order valence-corrected chi connectivity index (χ3v) is 3.64. The Labute approximate surface area is 123 Å². The molecular formula is C15H18N4O2.